The number of ether oxygens (including phenoxy) is 3. The third kappa shape index (κ3) is 5.36. The molecule has 106 valence electrons. The minimum atomic E-state index is -0.684. The fourth-order valence-electron chi connectivity index (χ4n) is 1.41. The third-order valence-electron chi connectivity index (χ3n) is 2.39. The van der Waals surface area contributed by atoms with Crippen molar-refractivity contribution >= 4 is 17.6 Å². The van der Waals surface area contributed by atoms with Crippen molar-refractivity contribution < 1.29 is 19.0 Å². The zero-order valence-electron chi connectivity index (χ0n) is 11.0. The van der Waals surface area contributed by atoms with E-state index in [0.29, 0.717) is 31.2 Å². The Labute approximate surface area is 117 Å². The van der Waals surface area contributed by atoms with Crippen LogP contribution < -0.4 is 14.8 Å². The van der Waals surface area contributed by atoms with Crippen molar-refractivity contribution in [1.29, 1.82) is 0 Å². The summed E-state index contributed by atoms with van der Waals surface area (Å²) in [5.74, 6) is 0.925. The Kier molecular flexibility index (Phi) is 7.07. The van der Waals surface area contributed by atoms with Crippen LogP contribution in [0.3, 0.4) is 0 Å². The van der Waals surface area contributed by atoms with Crippen molar-refractivity contribution in [3.05, 3.63) is 24.3 Å². The molecule has 1 unspecified atom stereocenters. The molecule has 19 heavy (non-hydrogen) atoms. The summed E-state index contributed by atoms with van der Waals surface area (Å²) in [7, 11) is 2.90. The van der Waals surface area contributed by atoms with Crippen LogP contribution in [0.1, 0.15) is 0 Å². The molecule has 0 saturated carbocycles. The van der Waals surface area contributed by atoms with Gasteiger partial charge in [0.15, 0.2) is 11.5 Å². The van der Waals surface area contributed by atoms with Crippen LogP contribution in [0.2, 0.25) is 0 Å². The van der Waals surface area contributed by atoms with Crippen molar-refractivity contribution in [2.75, 3.05) is 33.9 Å². The van der Waals surface area contributed by atoms with E-state index >= 15 is 0 Å². The van der Waals surface area contributed by atoms with E-state index in [9.17, 15) is 4.79 Å². The van der Waals surface area contributed by atoms with Crippen LogP contribution in [0.25, 0.3) is 0 Å². The van der Waals surface area contributed by atoms with E-state index in [4.69, 9.17) is 21.1 Å². The number of hydrogen-bond donors (Lipinski definition) is 1. The zero-order valence-corrected chi connectivity index (χ0v) is 11.8. The minimum Gasteiger partial charge on any atom is -0.493 e. The van der Waals surface area contributed by atoms with Gasteiger partial charge in [0.1, 0.15) is 12.0 Å². The highest BCUT2D eigenvalue weighted by molar-refractivity contribution is 6.30. The molecule has 0 bridgehead atoms. The Morgan fingerprint density at radius 2 is 2.00 bits per heavy atom. The first kappa shape index (κ1) is 15.6. The second-order valence-electron chi connectivity index (χ2n) is 3.69. The number of para-hydroxylation sites is 2. The summed E-state index contributed by atoms with van der Waals surface area (Å²) in [4.78, 5) is 11.0. The smallest absolute Gasteiger partial charge is 0.325 e. The number of hydrogen-bond acceptors (Lipinski definition) is 5. The Morgan fingerprint density at radius 3 is 2.63 bits per heavy atom. The van der Waals surface area contributed by atoms with Gasteiger partial charge in [0.25, 0.3) is 0 Å². The molecule has 0 aliphatic carbocycles. The molecule has 1 N–H and O–H groups in total. The predicted molar refractivity (Wildman–Crippen MR) is 73.0 cm³/mol. The van der Waals surface area contributed by atoms with Crippen LogP contribution >= 0.6 is 11.6 Å². The Morgan fingerprint density at radius 1 is 1.32 bits per heavy atom. The number of nitrogens with one attached hydrogen (secondary N) is 1. The largest absolute Gasteiger partial charge is 0.493 e. The van der Waals surface area contributed by atoms with E-state index in [0.717, 1.165) is 0 Å². The molecule has 1 aromatic carbocycles. The second kappa shape index (κ2) is 8.61. The summed E-state index contributed by atoms with van der Waals surface area (Å²) < 4.78 is 15.2. The lowest BCUT2D eigenvalue weighted by atomic mass is 10.3. The summed E-state index contributed by atoms with van der Waals surface area (Å²) in [5.41, 5.74) is 0. The van der Waals surface area contributed by atoms with Gasteiger partial charge in [-0.1, -0.05) is 12.1 Å². The number of benzene rings is 1. The molecule has 1 aromatic rings. The third-order valence-corrected chi connectivity index (χ3v) is 2.72. The lowest BCUT2D eigenvalue weighted by Gasteiger charge is -2.11. The maximum absolute atomic E-state index is 11.0. The van der Waals surface area contributed by atoms with Crippen LogP contribution in [0.5, 0.6) is 11.5 Å². The van der Waals surface area contributed by atoms with Crippen molar-refractivity contribution in [1.82, 2.24) is 5.32 Å². The van der Waals surface area contributed by atoms with Crippen LogP contribution in [0, 0.1) is 0 Å². The minimum absolute atomic E-state index is 0.337. The Hall–Kier alpha value is -1.46. The first-order valence-corrected chi connectivity index (χ1v) is 6.31. The van der Waals surface area contributed by atoms with Gasteiger partial charge in [-0.3, -0.25) is 4.79 Å². The molecular formula is C13H18ClNO4. The van der Waals surface area contributed by atoms with Crippen molar-refractivity contribution in [3.8, 4) is 11.5 Å². The lowest BCUT2D eigenvalue weighted by Crippen LogP contribution is -2.32. The molecular weight excluding hydrogens is 270 g/mol. The van der Waals surface area contributed by atoms with Gasteiger partial charge in [0.2, 0.25) is 0 Å². The Bertz CT molecular complexity index is 400. The first-order valence-electron chi connectivity index (χ1n) is 5.87. The average molecular weight is 288 g/mol. The number of carbonyl (C=O) groups is 1. The van der Waals surface area contributed by atoms with Gasteiger partial charge in [-0.25, -0.2) is 0 Å². The number of rotatable bonds is 8. The zero-order chi connectivity index (χ0) is 14.1. The number of alkyl halides is 1. The van der Waals surface area contributed by atoms with E-state index in [-0.39, 0.29) is 0 Å². The molecule has 0 amide bonds. The first-order chi connectivity index (χ1) is 9.19. The topological polar surface area (TPSA) is 56.8 Å². The van der Waals surface area contributed by atoms with Gasteiger partial charge >= 0.3 is 5.97 Å². The highest BCUT2D eigenvalue weighted by Gasteiger charge is 2.14. The van der Waals surface area contributed by atoms with Crippen molar-refractivity contribution in [2.24, 2.45) is 0 Å². The van der Waals surface area contributed by atoms with Gasteiger partial charge in [-0.05, 0) is 12.1 Å². The molecule has 0 aliphatic heterocycles. The van der Waals surface area contributed by atoms with Gasteiger partial charge in [0.05, 0.1) is 14.2 Å². The van der Waals surface area contributed by atoms with Gasteiger partial charge in [-0.15, -0.1) is 11.6 Å². The maximum Gasteiger partial charge on any atom is 0.325 e. The lowest BCUT2D eigenvalue weighted by molar-refractivity contribution is -0.140. The van der Waals surface area contributed by atoms with Gasteiger partial charge in [-0.2, -0.15) is 0 Å². The normalized spacial score (nSPS) is 11.7. The van der Waals surface area contributed by atoms with Gasteiger partial charge < -0.3 is 19.5 Å². The molecule has 0 heterocycles. The summed E-state index contributed by atoms with van der Waals surface area (Å²) in [6.45, 7) is 1.35. The summed E-state index contributed by atoms with van der Waals surface area (Å²) in [5, 5.41) is 2.33. The monoisotopic (exact) mass is 287 g/mol. The molecule has 0 aliphatic rings. The number of methoxy groups -OCH3 is 2. The summed E-state index contributed by atoms with van der Waals surface area (Å²) in [6.07, 6.45) is 0. The molecule has 5 nitrogen and oxygen atoms in total. The Balaban J connectivity index is 2.22. The highest BCUT2D eigenvalue weighted by Crippen LogP contribution is 2.25. The molecule has 1 atom stereocenters. The van der Waals surface area contributed by atoms with E-state index in [1.807, 2.05) is 24.3 Å². The fraction of sp³-hybridized carbons (Fsp3) is 0.462. The standard InChI is InChI=1S/C13H18ClNO4/c1-17-11-5-3-4-6-12(11)19-8-7-15-9-10(14)13(16)18-2/h3-6,10,15H,7-9H2,1-2H3. The van der Waals surface area contributed by atoms with E-state index in [2.05, 4.69) is 10.1 Å². The van der Waals surface area contributed by atoms with Crippen LogP contribution in [0.4, 0.5) is 0 Å². The summed E-state index contributed by atoms with van der Waals surface area (Å²) >= 11 is 5.78. The van der Waals surface area contributed by atoms with Crippen LogP contribution in [-0.4, -0.2) is 45.3 Å². The quantitative estimate of drug-likeness (QED) is 0.445. The molecule has 0 spiro atoms. The molecule has 6 heteroatoms. The maximum atomic E-state index is 11.0. The van der Waals surface area contributed by atoms with Gasteiger partial charge in [0, 0.05) is 13.1 Å². The number of halogens is 1. The fourth-order valence-corrected chi connectivity index (χ4v) is 1.61. The van der Waals surface area contributed by atoms with E-state index in [1.165, 1.54) is 7.11 Å². The molecule has 0 aromatic heterocycles. The van der Waals surface area contributed by atoms with Crippen molar-refractivity contribution in [2.45, 2.75) is 5.38 Å². The number of esters is 1. The molecule has 0 fully saturated rings. The SMILES string of the molecule is COC(=O)C(Cl)CNCCOc1ccccc1OC. The predicted octanol–water partition coefficient (Wildman–Crippen LogP) is 1.44. The van der Waals surface area contributed by atoms with Crippen LogP contribution in [-0.2, 0) is 9.53 Å². The van der Waals surface area contributed by atoms with E-state index in [1.54, 1.807) is 7.11 Å². The second-order valence-corrected chi connectivity index (χ2v) is 4.22. The van der Waals surface area contributed by atoms with Crippen LogP contribution in [0.15, 0.2) is 24.3 Å². The molecule has 0 radical (unpaired) electrons. The molecule has 1 rings (SSSR count). The average Bonchev–Trinajstić information content (AvgIpc) is 2.46. The van der Waals surface area contributed by atoms with Crippen molar-refractivity contribution in [3.63, 3.8) is 0 Å². The highest BCUT2D eigenvalue weighted by atomic mass is 35.5. The van der Waals surface area contributed by atoms with E-state index < -0.39 is 11.3 Å². The molecule has 0 saturated heterocycles. The summed E-state index contributed by atoms with van der Waals surface area (Å²) in [6, 6.07) is 7.40. The number of carbonyl (C=O) groups excluding carboxylic acids is 1.